The van der Waals surface area contributed by atoms with E-state index in [1.54, 1.807) is 23.1 Å². The van der Waals surface area contributed by atoms with E-state index >= 15 is 0 Å². The van der Waals surface area contributed by atoms with Crippen LogP contribution in [0.1, 0.15) is 36.7 Å². The van der Waals surface area contributed by atoms with Gasteiger partial charge in [-0.3, -0.25) is 0 Å². The number of hydrogen-bond donors (Lipinski definition) is 1. The predicted octanol–water partition coefficient (Wildman–Crippen LogP) is 4.08. The summed E-state index contributed by atoms with van der Waals surface area (Å²) in [5, 5.41) is 2.91. The van der Waals surface area contributed by atoms with Crippen LogP contribution in [0, 0.1) is 5.82 Å². The highest BCUT2D eigenvalue weighted by Crippen LogP contribution is 2.24. The molecular formula is C22H27FN2O3. The molecule has 0 spiro atoms. The van der Waals surface area contributed by atoms with Crippen molar-refractivity contribution in [1.29, 1.82) is 0 Å². The van der Waals surface area contributed by atoms with E-state index in [9.17, 15) is 9.18 Å². The largest absolute Gasteiger partial charge is 0.374 e. The molecule has 2 atom stereocenters. The zero-order valence-electron chi connectivity index (χ0n) is 16.1. The lowest BCUT2D eigenvalue weighted by molar-refractivity contribution is -0.0172. The zero-order chi connectivity index (χ0) is 19.8. The fourth-order valence-electron chi connectivity index (χ4n) is 3.22. The van der Waals surface area contributed by atoms with Crippen molar-refractivity contribution in [1.82, 2.24) is 10.2 Å². The summed E-state index contributed by atoms with van der Waals surface area (Å²) in [7, 11) is 0. The topological polar surface area (TPSA) is 50.8 Å². The highest BCUT2D eigenvalue weighted by Gasteiger charge is 2.26. The van der Waals surface area contributed by atoms with Crippen LogP contribution in [-0.4, -0.2) is 43.8 Å². The number of carbonyl (C=O) groups excluding carboxylic acids is 1. The zero-order valence-corrected chi connectivity index (χ0v) is 16.1. The Hall–Kier alpha value is -2.44. The van der Waals surface area contributed by atoms with E-state index in [0.717, 1.165) is 12.0 Å². The molecule has 150 valence electrons. The molecule has 1 fully saturated rings. The van der Waals surface area contributed by atoms with Gasteiger partial charge in [-0.25, -0.2) is 9.18 Å². The Kier molecular flexibility index (Phi) is 7.39. The van der Waals surface area contributed by atoms with E-state index in [1.165, 1.54) is 6.07 Å². The van der Waals surface area contributed by atoms with Gasteiger partial charge in [-0.2, -0.15) is 0 Å². The van der Waals surface area contributed by atoms with Crippen LogP contribution >= 0.6 is 0 Å². The molecule has 0 aromatic heterocycles. The molecule has 2 aromatic rings. The van der Waals surface area contributed by atoms with Crippen LogP contribution in [0.3, 0.4) is 0 Å². The van der Waals surface area contributed by atoms with Gasteiger partial charge in [0.15, 0.2) is 0 Å². The molecule has 1 saturated heterocycles. The van der Waals surface area contributed by atoms with Crippen molar-refractivity contribution in [3.05, 3.63) is 71.5 Å². The molecule has 1 aliphatic rings. The van der Waals surface area contributed by atoms with E-state index in [2.05, 4.69) is 5.32 Å². The summed E-state index contributed by atoms with van der Waals surface area (Å²) < 4.78 is 25.4. The number of nitrogens with one attached hydrogen (secondary N) is 1. The van der Waals surface area contributed by atoms with Gasteiger partial charge in [0, 0.05) is 25.3 Å². The van der Waals surface area contributed by atoms with Crippen molar-refractivity contribution in [2.75, 3.05) is 32.8 Å². The fourth-order valence-corrected chi connectivity index (χ4v) is 3.22. The second-order valence-electron chi connectivity index (χ2n) is 6.84. The van der Waals surface area contributed by atoms with Crippen LogP contribution in [0.2, 0.25) is 0 Å². The molecule has 2 unspecified atom stereocenters. The lowest BCUT2D eigenvalue weighted by atomic mass is 10.1. The third-order valence-corrected chi connectivity index (χ3v) is 4.84. The number of nitrogens with zero attached hydrogens (tertiary/aromatic N) is 1. The number of ether oxygens (including phenoxy) is 2. The molecule has 0 radical (unpaired) electrons. The Balaban J connectivity index is 1.38. The van der Waals surface area contributed by atoms with Gasteiger partial charge in [-0.15, -0.1) is 0 Å². The Morgan fingerprint density at radius 1 is 1.25 bits per heavy atom. The summed E-state index contributed by atoms with van der Waals surface area (Å²) in [5.74, 6) is -0.306. The van der Waals surface area contributed by atoms with Crippen LogP contribution in [-0.2, 0) is 9.47 Å². The van der Waals surface area contributed by atoms with Gasteiger partial charge in [0.2, 0.25) is 0 Å². The van der Waals surface area contributed by atoms with Crippen LogP contribution < -0.4 is 5.32 Å². The van der Waals surface area contributed by atoms with Crippen molar-refractivity contribution >= 4 is 6.03 Å². The minimum atomic E-state index is -0.434. The molecule has 1 N–H and O–H groups in total. The maximum absolute atomic E-state index is 14.0. The molecule has 5 nitrogen and oxygen atoms in total. The lowest BCUT2D eigenvalue weighted by Gasteiger charge is -2.33. The van der Waals surface area contributed by atoms with Gasteiger partial charge in [-0.05, 0) is 25.0 Å². The van der Waals surface area contributed by atoms with Crippen LogP contribution in [0.15, 0.2) is 54.6 Å². The molecular weight excluding hydrogens is 359 g/mol. The predicted molar refractivity (Wildman–Crippen MR) is 105 cm³/mol. The number of carbonyl (C=O) groups is 1. The fraction of sp³-hybridized carbons (Fsp3) is 0.409. The van der Waals surface area contributed by atoms with Gasteiger partial charge < -0.3 is 19.7 Å². The Morgan fingerprint density at radius 2 is 2.00 bits per heavy atom. The van der Waals surface area contributed by atoms with Crippen molar-refractivity contribution in [2.45, 2.75) is 25.6 Å². The van der Waals surface area contributed by atoms with E-state index < -0.39 is 6.10 Å². The number of amides is 2. The molecule has 1 heterocycles. The van der Waals surface area contributed by atoms with Gasteiger partial charge in [0.25, 0.3) is 0 Å². The highest BCUT2D eigenvalue weighted by atomic mass is 19.1. The van der Waals surface area contributed by atoms with E-state index in [-0.39, 0.29) is 18.0 Å². The highest BCUT2D eigenvalue weighted by molar-refractivity contribution is 5.74. The summed E-state index contributed by atoms with van der Waals surface area (Å²) in [6.07, 6.45) is 0.317. The van der Waals surface area contributed by atoms with Crippen molar-refractivity contribution in [3.8, 4) is 0 Å². The van der Waals surface area contributed by atoms with Crippen LogP contribution in [0.5, 0.6) is 0 Å². The lowest BCUT2D eigenvalue weighted by Crippen LogP contribution is -2.47. The number of hydrogen-bond acceptors (Lipinski definition) is 3. The molecule has 0 bridgehead atoms. The third kappa shape index (κ3) is 5.53. The number of urea groups is 1. The summed E-state index contributed by atoms with van der Waals surface area (Å²) in [6.45, 7) is 4.35. The summed E-state index contributed by atoms with van der Waals surface area (Å²) in [5.41, 5.74) is 1.63. The minimum Gasteiger partial charge on any atom is -0.374 e. The normalized spacial score (nSPS) is 17.9. The first-order chi connectivity index (χ1) is 13.6. The smallest absolute Gasteiger partial charge is 0.317 e. The first-order valence-corrected chi connectivity index (χ1v) is 9.70. The molecule has 3 rings (SSSR count). The Labute approximate surface area is 165 Å². The molecule has 0 aliphatic carbocycles. The second kappa shape index (κ2) is 10.2. The molecule has 1 aliphatic heterocycles. The number of morpholine rings is 1. The maximum atomic E-state index is 14.0. The van der Waals surface area contributed by atoms with Gasteiger partial charge in [0.1, 0.15) is 11.9 Å². The molecule has 2 amide bonds. The Bertz CT molecular complexity index is 756. The van der Waals surface area contributed by atoms with Crippen molar-refractivity contribution < 1.29 is 18.7 Å². The Morgan fingerprint density at radius 3 is 2.79 bits per heavy atom. The number of halogens is 1. The van der Waals surface area contributed by atoms with Crippen molar-refractivity contribution in [3.63, 3.8) is 0 Å². The summed E-state index contributed by atoms with van der Waals surface area (Å²) >= 11 is 0. The molecule has 28 heavy (non-hydrogen) atoms. The summed E-state index contributed by atoms with van der Waals surface area (Å²) in [6, 6.07) is 16.4. The molecule has 2 aromatic carbocycles. The number of rotatable bonds is 7. The monoisotopic (exact) mass is 386 g/mol. The van der Waals surface area contributed by atoms with Crippen LogP contribution in [0.4, 0.5) is 9.18 Å². The van der Waals surface area contributed by atoms with E-state index in [0.29, 0.717) is 38.4 Å². The quantitative estimate of drug-likeness (QED) is 0.730. The van der Waals surface area contributed by atoms with E-state index in [1.807, 2.05) is 37.3 Å². The minimum absolute atomic E-state index is 0.0256. The summed E-state index contributed by atoms with van der Waals surface area (Å²) in [4.78, 5) is 14.1. The van der Waals surface area contributed by atoms with Gasteiger partial charge >= 0.3 is 6.03 Å². The first-order valence-electron chi connectivity index (χ1n) is 9.70. The van der Waals surface area contributed by atoms with Crippen molar-refractivity contribution in [2.24, 2.45) is 0 Å². The molecule has 6 heteroatoms. The maximum Gasteiger partial charge on any atom is 0.317 e. The van der Waals surface area contributed by atoms with Gasteiger partial charge in [-0.1, -0.05) is 48.5 Å². The molecule has 0 saturated carbocycles. The van der Waals surface area contributed by atoms with Crippen LogP contribution in [0.25, 0.3) is 0 Å². The number of benzene rings is 2. The SMILES string of the molecule is CC(OCCCNC(=O)N1CCOC(c2ccccc2F)C1)c1ccccc1. The second-order valence-corrected chi connectivity index (χ2v) is 6.84. The first kappa shape index (κ1) is 20.3. The average molecular weight is 386 g/mol. The van der Waals surface area contributed by atoms with E-state index in [4.69, 9.17) is 9.47 Å². The van der Waals surface area contributed by atoms with Gasteiger partial charge in [0.05, 0.1) is 19.3 Å². The standard InChI is InChI=1S/C22H27FN2O3/c1-17(18-8-3-2-4-9-18)27-14-7-12-24-22(26)25-13-15-28-21(16-25)19-10-5-6-11-20(19)23/h2-6,8-11,17,21H,7,12-16H2,1H3,(H,24,26). The third-order valence-electron chi connectivity index (χ3n) is 4.84. The average Bonchev–Trinajstić information content (AvgIpc) is 2.74.